The summed E-state index contributed by atoms with van der Waals surface area (Å²) < 4.78 is 58.7. The zero-order valence-corrected chi connectivity index (χ0v) is 22.3. The second kappa shape index (κ2) is 9.90. The molecule has 2 N–H and O–H groups in total. The number of aromatic nitrogens is 3. The summed E-state index contributed by atoms with van der Waals surface area (Å²) >= 11 is 6.02. The van der Waals surface area contributed by atoms with Gasteiger partial charge in [0.1, 0.15) is 11.6 Å². The van der Waals surface area contributed by atoms with Crippen molar-refractivity contribution < 1.29 is 26.7 Å². The summed E-state index contributed by atoms with van der Waals surface area (Å²) in [5, 5.41) is 4.35. The Bertz CT molecular complexity index is 1780. The smallest absolute Gasteiger partial charge is 0.219 e. The number of pyridine rings is 1. The number of carbonyl (C=O) groups is 1. The van der Waals surface area contributed by atoms with E-state index in [1.807, 2.05) is 0 Å². The van der Waals surface area contributed by atoms with Crippen LogP contribution < -0.4 is 10.5 Å². The highest BCUT2D eigenvalue weighted by molar-refractivity contribution is 7.89. The number of aryl methyl sites for hydroxylation is 1. The van der Waals surface area contributed by atoms with Crippen molar-refractivity contribution in [3.63, 3.8) is 0 Å². The van der Waals surface area contributed by atoms with Crippen molar-refractivity contribution in [1.82, 2.24) is 14.8 Å². The van der Waals surface area contributed by atoms with E-state index in [0.717, 1.165) is 6.26 Å². The van der Waals surface area contributed by atoms with E-state index in [4.69, 9.17) is 22.1 Å². The summed E-state index contributed by atoms with van der Waals surface area (Å²) in [6.07, 6.45) is 5.55. The lowest BCUT2D eigenvalue weighted by Gasteiger charge is -2.11. The van der Waals surface area contributed by atoms with Gasteiger partial charge in [-0.1, -0.05) is 23.7 Å². The van der Waals surface area contributed by atoms with Gasteiger partial charge in [-0.15, -0.1) is 0 Å². The minimum atomic E-state index is -3.43. The lowest BCUT2D eigenvalue weighted by molar-refractivity contribution is 0.103. The standard InChI is InChI=1S/C27H21ClF2N4O4S/c1-14-6-24(38-26-20(28)4-3-5-21(26)29)32-12-23(14)34-27(31)19(11-33-34)25(35)17-7-15-9-18(13-39(2,36)37)22(30)10-16(15)8-17/h3-6,8-12H,7,13,31H2,1-2H3. The third-order valence-electron chi connectivity index (χ3n) is 6.19. The van der Waals surface area contributed by atoms with Gasteiger partial charge < -0.3 is 10.5 Å². The Labute approximate surface area is 227 Å². The average molecular weight is 571 g/mol. The van der Waals surface area contributed by atoms with Crippen LogP contribution in [-0.4, -0.2) is 35.2 Å². The van der Waals surface area contributed by atoms with Crippen LogP contribution in [0.2, 0.25) is 5.02 Å². The minimum Gasteiger partial charge on any atom is -0.434 e. The summed E-state index contributed by atoms with van der Waals surface area (Å²) in [5.74, 6) is -2.09. The Balaban J connectivity index is 1.38. The number of rotatable bonds is 7. The number of sulfone groups is 1. The summed E-state index contributed by atoms with van der Waals surface area (Å²) in [4.78, 5) is 17.5. The highest BCUT2D eigenvalue weighted by Crippen LogP contribution is 2.34. The number of carbonyl (C=O) groups excluding carboxylic acids is 1. The first-order valence-corrected chi connectivity index (χ1v) is 14.0. The molecule has 200 valence electrons. The molecule has 1 aliphatic carbocycles. The molecule has 0 aliphatic heterocycles. The van der Waals surface area contributed by atoms with Gasteiger partial charge in [0.25, 0.3) is 0 Å². The van der Waals surface area contributed by atoms with Gasteiger partial charge in [-0.25, -0.2) is 26.9 Å². The van der Waals surface area contributed by atoms with Crippen LogP contribution in [0, 0.1) is 18.6 Å². The lowest BCUT2D eigenvalue weighted by atomic mass is 10.0. The van der Waals surface area contributed by atoms with Gasteiger partial charge in [0, 0.05) is 29.9 Å². The maximum atomic E-state index is 14.5. The molecule has 0 atom stereocenters. The molecule has 0 amide bonds. The topological polar surface area (TPSA) is 117 Å². The van der Waals surface area contributed by atoms with E-state index in [9.17, 15) is 22.0 Å². The van der Waals surface area contributed by atoms with Crippen molar-refractivity contribution in [2.75, 3.05) is 12.0 Å². The van der Waals surface area contributed by atoms with E-state index in [1.165, 1.54) is 47.4 Å². The van der Waals surface area contributed by atoms with Crippen LogP contribution in [0.15, 0.2) is 54.4 Å². The van der Waals surface area contributed by atoms with Gasteiger partial charge in [-0.2, -0.15) is 5.10 Å². The van der Waals surface area contributed by atoms with E-state index >= 15 is 0 Å². The van der Waals surface area contributed by atoms with Crippen LogP contribution in [0.1, 0.15) is 32.6 Å². The highest BCUT2D eigenvalue weighted by atomic mass is 35.5. The first-order valence-electron chi connectivity index (χ1n) is 11.6. The Kier molecular flexibility index (Phi) is 6.73. The minimum absolute atomic E-state index is 0.0540. The molecule has 2 heterocycles. The zero-order valence-electron chi connectivity index (χ0n) is 20.7. The number of Topliss-reactive ketones (excluding diaryl/α,β-unsaturated/α-hetero) is 1. The predicted octanol–water partition coefficient (Wildman–Crippen LogP) is 5.25. The van der Waals surface area contributed by atoms with Gasteiger partial charge in [0.2, 0.25) is 5.88 Å². The molecule has 2 aromatic carbocycles. The van der Waals surface area contributed by atoms with Gasteiger partial charge >= 0.3 is 0 Å². The highest BCUT2D eigenvalue weighted by Gasteiger charge is 2.26. The Morgan fingerprint density at radius 3 is 2.64 bits per heavy atom. The number of nitrogen functional groups attached to an aromatic ring is 1. The van der Waals surface area contributed by atoms with E-state index in [2.05, 4.69) is 10.1 Å². The van der Waals surface area contributed by atoms with Crippen molar-refractivity contribution in [2.45, 2.75) is 19.1 Å². The Hall–Kier alpha value is -4.09. The number of ketones is 1. The second-order valence-electron chi connectivity index (χ2n) is 9.21. The first kappa shape index (κ1) is 26.5. The van der Waals surface area contributed by atoms with Gasteiger partial charge in [0.15, 0.2) is 27.2 Å². The second-order valence-corrected chi connectivity index (χ2v) is 11.8. The maximum Gasteiger partial charge on any atom is 0.219 e. The molecule has 1 aliphatic rings. The van der Waals surface area contributed by atoms with Crippen LogP contribution in [0.4, 0.5) is 14.6 Å². The molecule has 0 radical (unpaired) electrons. The molecule has 4 aromatic rings. The molecule has 2 aromatic heterocycles. The fraction of sp³-hybridized carbons (Fsp3) is 0.148. The molecule has 0 fully saturated rings. The number of benzene rings is 2. The number of halogens is 3. The number of fused-ring (bicyclic) bond motifs is 1. The fourth-order valence-corrected chi connectivity index (χ4v) is 5.33. The van der Waals surface area contributed by atoms with Gasteiger partial charge in [-0.3, -0.25) is 4.79 Å². The summed E-state index contributed by atoms with van der Waals surface area (Å²) in [6, 6.07) is 8.43. The number of para-hydroxylation sites is 1. The van der Waals surface area contributed by atoms with E-state index in [0.29, 0.717) is 28.0 Å². The Morgan fingerprint density at radius 2 is 1.95 bits per heavy atom. The van der Waals surface area contributed by atoms with Crippen molar-refractivity contribution in [3.05, 3.63) is 98.8 Å². The van der Waals surface area contributed by atoms with Crippen LogP contribution in [-0.2, 0) is 22.0 Å². The van der Waals surface area contributed by atoms with Crippen LogP contribution >= 0.6 is 11.6 Å². The number of hydrogen-bond donors (Lipinski definition) is 1. The van der Waals surface area contributed by atoms with Crippen molar-refractivity contribution >= 4 is 39.1 Å². The quantitative estimate of drug-likeness (QED) is 0.302. The van der Waals surface area contributed by atoms with Crippen LogP contribution in [0.25, 0.3) is 11.8 Å². The number of hydrogen-bond acceptors (Lipinski definition) is 7. The molecule has 0 unspecified atom stereocenters. The third-order valence-corrected chi connectivity index (χ3v) is 7.32. The van der Waals surface area contributed by atoms with E-state index in [1.54, 1.807) is 19.1 Å². The molecule has 39 heavy (non-hydrogen) atoms. The summed E-state index contributed by atoms with van der Waals surface area (Å²) in [7, 11) is -3.43. The molecular weight excluding hydrogens is 550 g/mol. The molecule has 12 heteroatoms. The average Bonchev–Trinajstić information content (AvgIpc) is 3.44. The Morgan fingerprint density at radius 1 is 1.18 bits per heavy atom. The first-order chi connectivity index (χ1) is 18.4. The molecule has 5 rings (SSSR count). The van der Waals surface area contributed by atoms with Crippen molar-refractivity contribution in [1.29, 1.82) is 0 Å². The SMILES string of the molecule is Cc1cc(Oc2c(F)cccc2Cl)ncc1-n1ncc(C(=O)C2=Cc3cc(F)c(CS(C)(=O)=O)cc3C2)c1N. The predicted molar refractivity (Wildman–Crippen MR) is 143 cm³/mol. The largest absolute Gasteiger partial charge is 0.434 e. The molecular formula is C27H21ClF2N4O4S. The summed E-state index contributed by atoms with van der Waals surface area (Å²) in [5.41, 5.74) is 9.11. The third kappa shape index (κ3) is 5.27. The van der Waals surface area contributed by atoms with E-state index in [-0.39, 0.29) is 45.8 Å². The molecule has 8 nitrogen and oxygen atoms in total. The van der Waals surface area contributed by atoms with Crippen molar-refractivity contribution in [3.8, 4) is 17.3 Å². The van der Waals surface area contributed by atoms with Crippen LogP contribution in [0.5, 0.6) is 11.6 Å². The summed E-state index contributed by atoms with van der Waals surface area (Å²) in [6.45, 7) is 1.74. The monoisotopic (exact) mass is 570 g/mol. The zero-order chi connectivity index (χ0) is 28.1. The number of ether oxygens (including phenoxy) is 1. The van der Waals surface area contributed by atoms with Gasteiger partial charge in [0.05, 0.1) is 34.4 Å². The number of nitrogens with two attached hydrogens (primary N) is 1. The van der Waals surface area contributed by atoms with Crippen LogP contribution in [0.3, 0.4) is 0 Å². The number of anilines is 1. The maximum absolute atomic E-state index is 14.5. The molecule has 0 spiro atoms. The molecule has 0 bridgehead atoms. The van der Waals surface area contributed by atoms with Gasteiger partial charge in [-0.05, 0) is 47.9 Å². The number of allylic oxidation sites excluding steroid dienone is 1. The van der Waals surface area contributed by atoms with Crippen molar-refractivity contribution in [2.24, 2.45) is 0 Å². The molecule has 0 saturated heterocycles. The normalized spacial score (nSPS) is 12.8. The molecule has 0 saturated carbocycles. The van der Waals surface area contributed by atoms with E-state index < -0.39 is 27.2 Å². The fourth-order valence-electron chi connectivity index (χ4n) is 4.34. The number of nitrogens with zero attached hydrogens (tertiary/aromatic N) is 3. The lowest BCUT2D eigenvalue weighted by Crippen LogP contribution is -2.09.